The molecule has 9 heteroatoms. The molecule has 0 aliphatic rings. The Morgan fingerprint density at radius 1 is 1.06 bits per heavy atom. The Hall–Kier alpha value is -3.20. The Kier molecular flexibility index (Phi) is 7.76. The summed E-state index contributed by atoms with van der Waals surface area (Å²) in [5, 5.41) is 2.76. The third-order valence-corrected chi connectivity index (χ3v) is 6.07. The van der Waals surface area contributed by atoms with Crippen molar-refractivity contribution in [1.29, 1.82) is 0 Å². The molecule has 0 spiro atoms. The van der Waals surface area contributed by atoms with Gasteiger partial charge in [-0.25, -0.2) is 14.0 Å². The van der Waals surface area contributed by atoms with Crippen molar-refractivity contribution in [1.82, 2.24) is 14.5 Å². The molecule has 0 fully saturated rings. The van der Waals surface area contributed by atoms with Gasteiger partial charge in [0.25, 0.3) is 5.56 Å². The fourth-order valence-electron chi connectivity index (χ4n) is 3.46. The zero-order valence-electron chi connectivity index (χ0n) is 19.5. The van der Waals surface area contributed by atoms with Crippen molar-refractivity contribution in [3.63, 3.8) is 0 Å². The lowest BCUT2D eigenvalue weighted by molar-refractivity contribution is 0.0497. The number of carbonyl (C=O) groups excluding carboxylic acids is 1. The van der Waals surface area contributed by atoms with Crippen LogP contribution >= 0.6 is 15.9 Å². The first-order valence-corrected chi connectivity index (χ1v) is 11.5. The molecule has 1 aromatic heterocycles. The highest BCUT2D eigenvalue weighted by molar-refractivity contribution is 9.10. The summed E-state index contributed by atoms with van der Waals surface area (Å²) in [4.78, 5) is 39.0. The molecule has 3 aromatic rings. The van der Waals surface area contributed by atoms with E-state index in [2.05, 4.69) is 21.2 Å². The molecule has 3 rings (SSSR count). The maximum absolute atomic E-state index is 14.3. The summed E-state index contributed by atoms with van der Waals surface area (Å²) >= 11 is 3.28. The Morgan fingerprint density at radius 3 is 2.29 bits per heavy atom. The summed E-state index contributed by atoms with van der Waals surface area (Å²) < 4.78 is 22.2. The van der Waals surface area contributed by atoms with Crippen LogP contribution in [-0.2, 0) is 17.8 Å². The van der Waals surface area contributed by atoms with Crippen LogP contribution in [0.2, 0.25) is 0 Å². The number of halogens is 2. The quantitative estimate of drug-likeness (QED) is 0.506. The Labute approximate surface area is 205 Å². The lowest BCUT2D eigenvalue weighted by Crippen LogP contribution is -2.45. The van der Waals surface area contributed by atoms with E-state index in [1.165, 1.54) is 10.6 Å². The molecule has 0 aliphatic carbocycles. The average Bonchev–Trinajstić information content (AvgIpc) is 2.78. The number of aromatic nitrogens is 2. The number of hydrogen-bond acceptors (Lipinski definition) is 4. The first kappa shape index (κ1) is 25.4. The molecule has 0 saturated carbocycles. The molecule has 7 nitrogen and oxygen atoms in total. The van der Waals surface area contributed by atoms with Gasteiger partial charge >= 0.3 is 11.8 Å². The minimum absolute atomic E-state index is 0.0499. The normalized spacial score (nSPS) is 12.3. The maximum Gasteiger partial charge on any atom is 0.408 e. The molecule has 0 unspecified atom stereocenters. The first-order chi connectivity index (χ1) is 16.0. The Bertz CT molecular complexity index is 1300. The Balaban J connectivity index is 2.04. The lowest BCUT2D eigenvalue weighted by atomic mass is 10.1. The number of amides is 1. The van der Waals surface area contributed by atoms with Crippen LogP contribution in [0.3, 0.4) is 0 Å². The predicted molar refractivity (Wildman–Crippen MR) is 131 cm³/mol. The minimum Gasteiger partial charge on any atom is -0.444 e. The van der Waals surface area contributed by atoms with Crippen LogP contribution in [-0.4, -0.2) is 20.8 Å². The first-order valence-electron chi connectivity index (χ1n) is 10.8. The largest absolute Gasteiger partial charge is 0.444 e. The van der Waals surface area contributed by atoms with E-state index >= 15 is 0 Å². The van der Waals surface area contributed by atoms with Gasteiger partial charge in [-0.1, -0.05) is 48.5 Å². The molecule has 0 aliphatic heterocycles. The standard InChI is InChI=1S/C25H27BrFN3O4/c1-16-21(26)22(31)30(24(33)29(16)14-18-12-8-9-13-19(18)27)15-20(17-10-6-5-7-11-17)28-23(32)34-25(2,3)4/h5-13,20H,14-15H2,1-4H3,(H,28,32)/t20-/m0/s1. The predicted octanol–water partition coefficient (Wildman–Crippen LogP) is 4.53. The van der Waals surface area contributed by atoms with Gasteiger partial charge in [-0.05, 0) is 55.3 Å². The van der Waals surface area contributed by atoms with Gasteiger partial charge in [-0.2, -0.15) is 0 Å². The van der Waals surface area contributed by atoms with Crippen molar-refractivity contribution in [3.05, 3.63) is 103 Å². The van der Waals surface area contributed by atoms with Gasteiger partial charge in [-0.15, -0.1) is 0 Å². The number of rotatable bonds is 6. The Morgan fingerprint density at radius 2 is 1.68 bits per heavy atom. The van der Waals surface area contributed by atoms with E-state index in [4.69, 9.17) is 4.74 Å². The molecule has 1 N–H and O–H groups in total. The maximum atomic E-state index is 14.3. The van der Waals surface area contributed by atoms with E-state index in [0.29, 0.717) is 16.8 Å². The molecule has 0 bridgehead atoms. The van der Waals surface area contributed by atoms with E-state index in [1.54, 1.807) is 70.2 Å². The monoisotopic (exact) mass is 531 g/mol. The number of nitrogens with zero attached hydrogens (tertiary/aromatic N) is 2. The summed E-state index contributed by atoms with van der Waals surface area (Å²) in [6.45, 7) is 6.65. The van der Waals surface area contributed by atoms with E-state index in [-0.39, 0.29) is 17.6 Å². The summed E-state index contributed by atoms with van der Waals surface area (Å²) in [5.74, 6) is -0.448. The van der Waals surface area contributed by atoms with Crippen molar-refractivity contribution >= 4 is 22.0 Å². The summed E-state index contributed by atoms with van der Waals surface area (Å²) in [6, 6.07) is 14.4. The zero-order chi connectivity index (χ0) is 25.0. The van der Waals surface area contributed by atoms with Crippen molar-refractivity contribution in [2.24, 2.45) is 0 Å². The van der Waals surface area contributed by atoms with Crippen LogP contribution in [0.4, 0.5) is 9.18 Å². The van der Waals surface area contributed by atoms with Gasteiger partial charge in [0, 0.05) is 11.3 Å². The number of carbonyl (C=O) groups is 1. The second-order valence-corrected chi connectivity index (χ2v) is 9.68. The SMILES string of the molecule is Cc1c(Br)c(=O)n(C[C@H](NC(=O)OC(C)(C)C)c2ccccc2)c(=O)n1Cc1ccccc1F. The fourth-order valence-corrected chi connectivity index (χ4v) is 3.89. The van der Waals surface area contributed by atoms with Gasteiger partial charge in [0.05, 0.1) is 19.1 Å². The molecule has 0 radical (unpaired) electrons. The molecule has 34 heavy (non-hydrogen) atoms. The fraction of sp³-hybridized carbons (Fsp3) is 0.320. The lowest BCUT2D eigenvalue weighted by Gasteiger charge is -2.25. The smallest absolute Gasteiger partial charge is 0.408 e. The van der Waals surface area contributed by atoms with Crippen LogP contribution in [0.5, 0.6) is 0 Å². The molecule has 0 saturated heterocycles. The van der Waals surface area contributed by atoms with E-state index in [0.717, 1.165) is 4.57 Å². The van der Waals surface area contributed by atoms with E-state index < -0.39 is 34.8 Å². The van der Waals surface area contributed by atoms with Gasteiger partial charge in [-0.3, -0.25) is 13.9 Å². The summed E-state index contributed by atoms with van der Waals surface area (Å²) in [5.41, 5.74) is -0.485. The number of nitrogens with one attached hydrogen (secondary N) is 1. The van der Waals surface area contributed by atoms with Gasteiger partial charge in [0.2, 0.25) is 0 Å². The average molecular weight is 532 g/mol. The van der Waals surface area contributed by atoms with Gasteiger partial charge in [0.15, 0.2) is 0 Å². The zero-order valence-corrected chi connectivity index (χ0v) is 21.1. The van der Waals surface area contributed by atoms with Crippen LogP contribution in [0.15, 0.2) is 68.7 Å². The summed E-state index contributed by atoms with van der Waals surface area (Å²) in [6.07, 6.45) is -0.674. The summed E-state index contributed by atoms with van der Waals surface area (Å²) in [7, 11) is 0. The van der Waals surface area contributed by atoms with Crippen molar-refractivity contribution in [2.45, 2.75) is 52.4 Å². The second-order valence-electron chi connectivity index (χ2n) is 8.88. The highest BCUT2D eigenvalue weighted by Crippen LogP contribution is 2.18. The molecule has 1 atom stereocenters. The van der Waals surface area contributed by atoms with Crippen LogP contribution in [0.1, 0.15) is 43.6 Å². The number of benzene rings is 2. The molecule has 180 valence electrons. The van der Waals surface area contributed by atoms with Crippen molar-refractivity contribution < 1.29 is 13.9 Å². The van der Waals surface area contributed by atoms with Crippen molar-refractivity contribution in [3.8, 4) is 0 Å². The van der Waals surface area contributed by atoms with Gasteiger partial charge < -0.3 is 10.1 Å². The van der Waals surface area contributed by atoms with Gasteiger partial charge in [0.1, 0.15) is 15.9 Å². The second kappa shape index (κ2) is 10.4. The third kappa shape index (κ3) is 6.02. The number of alkyl carbamates (subject to hydrolysis) is 1. The highest BCUT2D eigenvalue weighted by Gasteiger charge is 2.24. The molecular formula is C25H27BrFN3O4. The highest BCUT2D eigenvalue weighted by atomic mass is 79.9. The van der Waals surface area contributed by atoms with Crippen molar-refractivity contribution in [2.75, 3.05) is 0 Å². The molecule has 1 heterocycles. The molecular weight excluding hydrogens is 505 g/mol. The molecule has 1 amide bonds. The number of hydrogen-bond donors (Lipinski definition) is 1. The van der Waals surface area contributed by atoms with Crippen LogP contribution < -0.4 is 16.6 Å². The van der Waals surface area contributed by atoms with Crippen LogP contribution in [0, 0.1) is 12.7 Å². The third-order valence-electron chi connectivity index (χ3n) is 5.16. The van der Waals surface area contributed by atoms with E-state index in [1.807, 2.05) is 6.07 Å². The molecule has 2 aromatic carbocycles. The minimum atomic E-state index is -0.724. The number of ether oxygens (including phenoxy) is 1. The van der Waals surface area contributed by atoms with Crippen LogP contribution in [0.25, 0.3) is 0 Å². The van der Waals surface area contributed by atoms with E-state index in [9.17, 15) is 18.8 Å². The topological polar surface area (TPSA) is 82.3 Å².